The first-order valence-corrected chi connectivity index (χ1v) is 4.22. The largest absolute Gasteiger partial charge is 0.333 e. The SMILES string of the molecule is [CH2]c1cn(Cc2ccccc2)cn1. The van der Waals surface area contributed by atoms with E-state index in [2.05, 4.69) is 24.0 Å². The van der Waals surface area contributed by atoms with Gasteiger partial charge in [0.25, 0.3) is 0 Å². The Labute approximate surface area is 77.9 Å². The Morgan fingerprint density at radius 2 is 2.00 bits per heavy atom. The lowest BCUT2D eigenvalue weighted by Crippen LogP contribution is -1.95. The van der Waals surface area contributed by atoms with E-state index >= 15 is 0 Å². The fourth-order valence-corrected chi connectivity index (χ4v) is 1.29. The van der Waals surface area contributed by atoms with Gasteiger partial charge in [0.2, 0.25) is 0 Å². The molecule has 0 atom stereocenters. The van der Waals surface area contributed by atoms with E-state index in [0.717, 1.165) is 12.2 Å². The van der Waals surface area contributed by atoms with Gasteiger partial charge in [0.1, 0.15) is 0 Å². The molecule has 2 heteroatoms. The lowest BCUT2D eigenvalue weighted by atomic mass is 10.2. The van der Waals surface area contributed by atoms with Gasteiger partial charge in [0.15, 0.2) is 0 Å². The summed E-state index contributed by atoms with van der Waals surface area (Å²) in [4.78, 5) is 4.06. The highest BCUT2D eigenvalue weighted by Gasteiger charge is 1.94. The van der Waals surface area contributed by atoms with E-state index in [1.54, 1.807) is 6.33 Å². The molecule has 0 amide bonds. The summed E-state index contributed by atoms with van der Waals surface area (Å²) in [5.74, 6) is 0. The third-order valence-corrected chi connectivity index (χ3v) is 1.89. The van der Waals surface area contributed by atoms with Gasteiger partial charge in [-0.15, -0.1) is 0 Å². The maximum absolute atomic E-state index is 4.06. The second kappa shape index (κ2) is 3.44. The molecule has 0 fully saturated rings. The van der Waals surface area contributed by atoms with Crippen molar-refractivity contribution in [3.05, 3.63) is 61.0 Å². The number of hydrogen-bond donors (Lipinski definition) is 0. The summed E-state index contributed by atoms with van der Waals surface area (Å²) in [6, 6.07) is 10.3. The van der Waals surface area contributed by atoms with Gasteiger partial charge >= 0.3 is 0 Å². The van der Waals surface area contributed by atoms with Crippen LogP contribution < -0.4 is 0 Å². The van der Waals surface area contributed by atoms with E-state index in [9.17, 15) is 0 Å². The molecule has 1 radical (unpaired) electrons. The Bertz CT molecular complexity index is 376. The summed E-state index contributed by atoms with van der Waals surface area (Å²) in [5.41, 5.74) is 2.09. The standard InChI is InChI=1S/C11H11N2/c1-10-7-13(9-12-10)8-11-5-3-2-4-6-11/h2-7,9H,1,8H2. The third-order valence-electron chi connectivity index (χ3n) is 1.89. The molecule has 0 aliphatic heterocycles. The topological polar surface area (TPSA) is 17.8 Å². The van der Waals surface area contributed by atoms with Crippen molar-refractivity contribution in [2.75, 3.05) is 0 Å². The normalized spacial score (nSPS) is 10.2. The molecule has 1 aromatic carbocycles. The van der Waals surface area contributed by atoms with Gasteiger partial charge in [-0.2, -0.15) is 0 Å². The van der Waals surface area contributed by atoms with Crippen LogP contribution in [0, 0.1) is 6.92 Å². The van der Waals surface area contributed by atoms with Gasteiger partial charge in [0, 0.05) is 12.7 Å². The Morgan fingerprint density at radius 3 is 2.62 bits per heavy atom. The monoisotopic (exact) mass is 171 g/mol. The van der Waals surface area contributed by atoms with E-state index in [1.807, 2.05) is 29.0 Å². The third kappa shape index (κ3) is 1.96. The molecular weight excluding hydrogens is 160 g/mol. The van der Waals surface area contributed by atoms with Crippen LogP contribution in [0.4, 0.5) is 0 Å². The predicted molar refractivity (Wildman–Crippen MR) is 52.2 cm³/mol. The number of nitrogens with zero attached hydrogens (tertiary/aromatic N) is 2. The lowest BCUT2D eigenvalue weighted by molar-refractivity contribution is 0.797. The van der Waals surface area contributed by atoms with Crippen molar-refractivity contribution in [2.24, 2.45) is 0 Å². The summed E-state index contributed by atoms with van der Waals surface area (Å²) in [5, 5.41) is 0. The zero-order valence-electron chi connectivity index (χ0n) is 7.35. The predicted octanol–water partition coefficient (Wildman–Crippen LogP) is 2.11. The molecule has 2 aromatic rings. The van der Waals surface area contributed by atoms with Crippen LogP contribution in [0.15, 0.2) is 42.9 Å². The van der Waals surface area contributed by atoms with Crippen LogP contribution in [0.5, 0.6) is 0 Å². The van der Waals surface area contributed by atoms with E-state index < -0.39 is 0 Å². The molecule has 0 spiro atoms. The summed E-state index contributed by atoms with van der Waals surface area (Å²) in [6.45, 7) is 4.62. The highest BCUT2D eigenvalue weighted by Crippen LogP contribution is 2.02. The van der Waals surface area contributed by atoms with Crippen molar-refractivity contribution in [1.29, 1.82) is 0 Å². The molecule has 1 heterocycles. The van der Waals surface area contributed by atoms with Crippen molar-refractivity contribution < 1.29 is 0 Å². The van der Waals surface area contributed by atoms with E-state index in [1.165, 1.54) is 5.56 Å². The van der Waals surface area contributed by atoms with Crippen molar-refractivity contribution >= 4 is 0 Å². The van der Waals surface area contributed by atoms with E-state index in [-0.39, 0.29) is 0 Å². The average molecular weight is 171 g/mol. The Morgan fingerprint density at radius 1 is 1.23 bits per heavy atom. The first-order chi connectivity index (χ1) is 6.34. The molecule has 1 aromatic heterocycles. The second-order valence-electron chi connectivity index (χ2n) is 3.02. The molecule has 0 N–H and O–H groups in total. The quantitative estimate of drug-likeness (QED) is 0.676. The second-order valence-corrected chi connectivity index (χ2v) is 3.02. The molecule has 2 rings (SSSR count). The summed E-state index contributed by atoms with van der Waals surface area (Å²) >= 11 is 0. The fourth-order valence-electron chi connectivity index (χ4n) is 1.29. The fraction of sp³-hybridized carbons (Fsp3) is 0.0909. The van der Waals surface area contributed by atoms with Crippen LogP contribution in [-0.4, -0.2) is 9.55 Å². The summed E-state index contributed by atoms with van der Waals surface area (Å²) in [7, 11) is 0. The van der Waals surface area contributed by atoms with Gasteiger partial charge < -0.3 is 4.57 Å². The number of aromatic nitrogens is 2. The zero-order valence-corrected chi connectivity index (χ0v) is 7.35. The summed E-state index contributed by atoms with van der Waals surface area (Å²) < 4.78 is 2.03. The van der Waals surface area contributed by atoms with Crippen LogP contribution in [0.25, 0.3) is 0 Å². The van der Waals surface area contributed by atoms with Crippen LogP contribution in [-0.2, 0) is 6.54 Å². The average Bonchev–Trinajstić information content (AvgIpc) is 2.53. The van der Waals surface area contributed by atoms with E-state index in [4.69, 9.17) is 0 Å². The minimum atomic E-state index is 0.816. The van der Waals surface area contributed by atoms with Gasteiger partial charge in [-0.05, 0) is 12.5 Å². The van der Waals surface area contributed by atoms with Gasteiger partial charge in [0.05, 0.1) is 12.0 Å². The van der Waals surface area contributed by atoms with Gasteiger partial charge in [-0.1, -0.05) is 30.3 Å². The van der Waals surface area contributed by atoms with Gasteiger partial charge in [-0.25, -0.2) is 4.98 Å². The van der Waals surface area contributed by atoms with Crippen LogP contribution in [0.2, 0.25) is 0 Å². The van der Waals surface area contributed by atoms with Gasteiger partial charge in [-0.3, -0.25) is 0 Å². The molecule has 0 bridgehead atoms. The first kappa shape index (κ1) is 8.05. The van der Waals surface area contributed by atoms with Crippen LogP contribution >= 0.6 is 0 Å². The van der Waals surface area contributed by atoms with E-state index in [0.29, 0.717) is 0 Å². The maximum atomic E-state index is 4.06. The molecule has 0 saturated heterocycles. The number of benzene rings is 1. The lowest BCUT2D eigenvalue weighted by Gasteiger charge is -2.00. The van der Waals surface area contributed by atoms with Crippen molar-refractivity contribution in [2.45, 2.75) is 6.54 Å². The molecule has 0 unspecified atom stereocenters. The summed E-state index contributed by atoms with van der Waals surface area (Å²) in [6.07, 6.45) is 3.74. The highest BCUT2D eigenvalue weighted by molar-refractivity contribution is 5.15. The molecule has 2 nitrogen and oxygen atoms in total. The van der Waals surface area contributed by atoms with Crippen molar-refractivity contribution in [3.63, 3.8) is 0 Å². The van der Waals surface area contributed by atoms with Crippen molar-refractivity contribution in [3.8, 4) is 0 Å². The zero-order chi connectivity index (χ0) is 9.10. The molecule has 0 saturated carbocycles. The molecule has 0 aliphatic carbocycles. The molecule has 13 heavy (non-hydrogen) atoms. The Hall–Kier alpha value is -1.57. The first-order valence-electron chi connectivity index (χ1n) is 4.22. The number of imidazole rings is 1. The maximum Gasteiger partial charge on any atom is 0.0952 e. The minimum absolute atomic E-state index is 0.816. The Kier molecular flexibility index (Phi) is 2.13. The van der Waals surface area contributed by atoms with Crippen molar-refractivity contribution in [1.82, 2.24) is 9.55 Å². The number of hydrogen-bond acceptors (Lipinski definition) is 1. The highest BCUT2D eigenvalue weighted by atomic mass is 15.0. The van der Waals surface area contributed by atoms with Crippen LogP contribution in [0.3, 0.4) is 0 Å². The van der Waals surface area contributed by atoms with Crippen LogP contribution in [0.1, 0.15) is 11.3 Å². The Balaban J connectivity index is 2.15. The molecule has 65 valence electrons. The minimum Gasteiger partial charge on any atom is -0.333 e. The molecule has 0 aliphatic rings. The molecular formula is C11H11N2. The smallest absolute Gasteiger partial charge is 0.0952 e. The number of rotatable bonds is 2.